The van der Waals surface area contributed by atoms with Crippen LogP contribution in [0, 0.1) is 6.92 Å². The van der Waals surface area contributed by atoms with Gasteiger partial charge in [0.15, 0.2) is 5.96 Å². The molecule has 5 nitrogen and oxygen atoms in total. The molecule has 0 fully saturated rings. The minimum Gasteiger partial charge on any atom is -0.497 e. The third-order valence-electron chi connectivity index (χ3n) is 3.47. The molecule has 24 heavy (non-hydrogen) atoms. The second kappa shape index (κ2) is 8.82. The van der Waals surface area contributed by atoms with Crippen molar-refractivity contribution in [3.05, 3.63) is 53.6 Å². The quantitative estimate of drug-likeness (QED) is 0.601. The molecular weight excluding hydrogens is 302 g/mol. The Kier molecular flexibility index (Phi) is 6.49. The molecule has 0 aliphatic carbocycles. The zero-order valence-electron chi connectivity index (χ0n) is 14.5. The lowest BCUT2D eigenvalue weighted by Crippen LogP contribution is -2.22. The molecule has 0 amide bonds. The summed E-state index contributed by atoms with van der Waals surface area (Å²) in [6, 6.07) is 13.6. The van der Waals surface area contributed by atoms with E-state index in [-0.39, 0.29) is 0 Å². The fourth-order valence-electron chi connectivity index (χ4n) is 2.17. The highest BCUT2D eigenvalue weighted by Gasteiger charge is 2.04. The molecule has 2 rings (SSSR count). The molecule has 0 bridgehead atoms. The Balaban J connectivity index is 2.03. The Hall–Kier alpha value is -2.69. The summed E-state index contributed by atoms with van der Waals surface area (Å²) >= 11 is 0. The molecule has 0 aromatic heterocycles. The maximum absolute atomic E-state index is 5.97. The smallest absolute Gasteiger partial charge is 0.193 e. The van der Waals surface area contributed by atoms with Crippen molar-refractivity contribution >= 4 is 11.6 Å². The van der Waals surface area contributed by atoms with Gasteiger partial charge in [-0.15, -0.1) is 0 Å². The Morgan fingerprint density at radius 2 is 1.92 bits per heavy atom. The first kappa shape index (κ1) is 17.7. The summed E-state index contributed by atoms with van der Waals surface area (Å²) in [5.41, 5.74) is 9.02. The van der Waals surface area contributed by atoms with Gasteiger partial charge in [0.25, 0.3) is 0 Å². The van der Waals surface area contributed by atoms with Crippen molar-refractivity contribution in [1.29, 1.82) is 0 Å². The second-order valence-corrected chi connectivity index (χ2v) is 5.51. The number of aliphatic imine (C=N–C) groups is 1. The van der Waals surface area contributed by atoms with E-state index >= 15 is 0 Å². The molecule has 2 aromatic rings. The van der Waals surface area contributed by atoms with Crippen molar-refractivity contribution in [3.8, 4) is 11.5 Å². The van der Waals surface area contributed by atoms with Crippen LogP contribution in [0.25, 0.3) is 0 Å². The molecule has 0 aliphatic rings. The third-order valence-corrected chi connectivity index (χ3v) is 3.47. The van der Waals surface area contributed by atoms with Crippen LogP contribution in [-0.2, 0) is 6.54 Å². The summed E-state index contributed by atoms with van der Waals surface area (Å²) in [4.78, 5) is 4.40. The lowest BCUT2D eigenvalue weighted by molar-refractivity contribution is 0.314. The minimum absolute atomic E-state index is 0.363. The van der Waals surface area contributed by atoms with Crippen LogP contribution in [0.1, 0.15) is 24.5 Å². The summed E-state index contributed by atoms with van der Waals surface area (Å²) in [5.74, 6) is 2.04. The summed E-state index contributed by atoms with van der Waals surface area (Å²) in [6.45, 7) is 5.30. The normalized spacial score (nSPS) is 11.2. The van der Waals surface area contributed by atoms with Gasteiger partial charge in [-0.3, -0.25) is 0 Å². The first-order valence-electron chi connectivity index (χ1n) is 8.05. The number of nitrogens with two attached hydrogens (primary N) is 1. The highest BCUT2D eigenvalue weighted by atomic mass is 16.5. The van der Waals surface area contributed by atoms with Crippen LogP contribution in [0.15, 0.2) is 47.5 Å². The Morgan fingerprint density at radius 1 is 1.17 bits per heavy atom. The zero-order valence-corrected chi connectivity index (χ0v) is 14.5. The van der Waals surface area contributed by atoms with Crippen molar-refractivity contribution < 1.29 is 9.47 Å². The topological polar surface area (TPSA) is 68.9 Å². The fraction of sp³-hybridized carbons (Fsp3) is 0.316. The third kappa shape index (κ3) is 5.19. The molecule has 0 radical (unpaired) electrons. The van der Waals surface area contributed by atoms with E-state index in [0.717, 1.165) is 34.7 Å². The van der Waals surface area contributed by atoms with Gasteiger partial charge >= 0.3 is 0 Å². The van der Waals surface area contributed by atoms with Crippen molar-refractivity contribution in [3.63, 3.8) is 0 Å². The average molecular weight is 327 g/mol. The van der Waals surface area contributed by atoms with Gasteiger partial charge in [0.2, 0.25) is 0 Å². The van der Waals surface area contributed by atoms with Crippen molar-refractivity contribution in [2.45, 2.75) is 26.8 Å². The number of rotatable bonds is 7. The number of guanidine groups is 1. The summed E-state index contributed by atoms with van der Waals surface area (Å²) in [5, 5.41) is 3.07. The Morgan fingerprint density at radius 3 is 2.58 bits per heavy atom. The van der Waals surface area contributed by atoms with E-state index in [0.29, 0.717) is 19.1 Å². The van der Waals surface area contributed by atoms with Gasteiger partial charge in [-0.05, 0) is 49.2 Å². The molecule has 0 atom stereocenters. The van der Waals surface area contributed by atoms with Crippen LogP contribution in [-0.4, -0.2) is 19.7 Å². The van der Waals surface area contributed by atoms with Gasteiger partial charge in [-0.25, -0.2) is 4.99 Å². The SMILES string of the molecule is CCCOc1cc(C)ccc1CN=C(N)Nc1ccc(OC)cc1. The number of hydrogen-bond acceptors (Lipinski definition) is 3. The van der Waals surface area contributed by atoms with Crippen LogP contribution in [0.4, 0.5) is 5.69 Å². The molecule has 2 aromatic carbocycles. The van der Waals surface area contributed by atoms with Crippen molar-refractivity contribution in [2.24, 2.45) is 10.7 Å². The molecule has 5 heteroatoms. The molecule has 0 saturated heterocycles. The van der Waals surface area contributed by atoms with Crippen LogP contribution < -0.4 is 20.5 Å². The number of anilines is 1. The number of nitrogens with zero attached hydrogens (tertiary/aromatic N) is 1. The van der Waals surface area contributed by atoms with Crippen molar-refractivity contribution in [1.82, 2.24) is 0 Å². The number of methoxy groups -OCH3 is 1. The Bertz CT molecular complexity index is 682. The molecule has 3 N–H and O–H groups in total. The van der Waals surface area contributed by atoms with Gasteiger partial charge in [0.05, 0.1) is 20.3 Å². The highest BCUT2D eigenvalue weighted by molar-refractivity contribution is 5.92. The average Bonchev–Trinajstić information content (AvgIpc) is 2.59. The number of hydrogen-bond donors (Lipinski definition) is 2. The lowest BCUT2D eigenvalue weighted by atomic mass is 10.1. The molecule has 0 aliphatic heterocycles. The summed E-state index contributed by atoms with van der Waals surface area (Å²) < 4.78 is 10.9. The van der Waals surface area contributed by atoms with E-state index in [9.17, 15) is 0 Å². The molecule has 0 heterocycles. The number of ether oxygens (including phenoxy) is 2. The highest BCUT2D eigenvalue weighted by Crippen LogP contribution is 2.21. The number of aryl methyl sites for hydroxylation is 1. The fourth-order valence-corrected chi connectivity index (χ4v) is 2.17. The van der Waals surface area contributed by atoms with E-state index in [1.165, 1.54) is 0 Å². The van der Waals surface area contributed by atoms with Crippen LogP contribution in [0.5, 0.6) is 11.5 Å². The van der Waals surface area contributed by atoms with Crippen molar-refractivity contribution in [2.75, 3.05) is 19.0 Å². The number of benzene rings is 2. The first-order chi connectivity index (χ1) is 11.6. The van der Waals surface area contributed by atoms with Crippen LogP contribution in [0.2, 0.25) is 0 Å². The first-order valence-corrected chi connectivity index (χ1v) is 8.05. The summed E-state index contributed by atoms with van der Waals surface area (Å²) in [7, 11) is 1.64. The molecule has 0 spiro atoms. The maximum Gasteiger partial charge on any atom is 0.193 e. The minimum atomic E-state index is 0.363. The summed E-state index contributed by atoms with van der Waals surface area (Å²) in [6.07, 6.45) is 0.970. The molecule has 0 saturated carbocycles. The van der Waals surface area contributed by atoms with E-state index in [1.54, 1.807) is 7.11 Å². The van der Waals surface area contributed by atoms with Crippen LogP contribution >= 0.6 is 0 Å². The van der Waals surface area contributed by atoms with E-state index in [4.69, 9.17) is 15.2 Å². The standard InChI is InChI=1S/C19H25N3O2/c1-4-11-24-18-12-14(2)5-6-15(18)13-21-19(20)22-16-7-9-17(23-3)10-8-16/h5-10,12H,4,11,13H2,1-3H3,(H3,20,21,22). The predicted molar refractivity (Wildman–Crippen MR) is 98.9 cm³/mol. The lowest BCUT2D eigenvalue weighted by Gasteiger charge is -2.11. The van der Waals surface area contributed by atoms with E-state index in [1.807, 2.05) is 43.3 Å². The van der Waals surface area contributed by atoms with E-state index < -0.39 is 0 Å². The Labute approximate surface area is 143 Å². The largest absolute Gasteiger partial charge is 0.497 e. The molecule has 0 unspecified atom stereocenters. The zero-order chi connectivity index (χ0) is 17.4. The van der Waals surface area contributed by atoms with Crippen LogP contribution in [0.3, 0.4) is 0 Å². The monoisotopic (exact) mass is 327 g/mol. The van der Waals surface area contributed by atoms with Gasteiger partial charge in [-0.1, -0.05) is 19.1 Å². The van der Waals surface area contributed by atoms with Gasteiger partial charge in [-0.2, -0.15) is 0 Å². The van der Waals surface area contributed by atoms with E-state index in [2.05, 4.69) is 23.3 Å². The molecule has 128 valence electrons. The number of nitrogens with one attached hydrogen (secondary N) is 1. The van der Waals surface area contributed by atoms with Gasteiger partial charge in [0.1, 0.15) is 11.5 Å². The van der Waals surface area contributed by atoms with Gasteiger partial charge in [0, 0.05) is 11.3 Å². The maximum atomic E-state index is 5.97. The predicted octanol–water partition coefficient (Wildman–Crippen LogP) is 3.72. The molecular formula is C19H25N3O2. The second-order valence-electron chi connectivity index (χ2n) is 5.51. The van der Waals surface area contributed by atoms with Gasteiger partial charge < -0.3 is 20.5 Å².